The Labute approximate surface area is 140 Å². The number of thiophene rings is 1. The number of amides is 1. The number of ether oxygens (including phenoxy) is 1. The maximum absolute atomic E-state index is 12.9. The van der Waals surface area contributed by atoms with Gasteiger partial charge >= 0.3 is 0 Å². The van der Waals surface area contributed by atoms with Crippen LogP contribution in [0.5, 0.6) is 5.75 Å². The summed E-state index contributed by atoms with van der Waals surface area (Å²) in [6, 6.07) is 11.7. The molecule has 0 bridgehead atoms. The summed E-state index contributed by atoms with van der Waals surface area (Å²) in [4.78, 5) is 15.8. The van der Waals surface area contributed by atoms with Gasteiger partial charge in [0.1, 0.15) is 5.75 Å². The number of hydrogen-bond donors (Lipinski definition) is 1. The third kappa shape index (κ3) is 3.74. The second kappa shape index (κ2) is 6.72. The maximum atomic E-state index is 12.9. The van der Waals surface area contributed by atoms with Crippen molar-refractivity contribution in [3.63, 3.8) is 0 Å². The number of nitrogens with zero attached hydrogens (tertiary/aromatic N) is 1. The van der Waals surface area contributed by atoms with Gasteiger partial charge in [0.15, 0.2) is 0 Å². The number of nitrogens with two attached hydrogens (primary N) is 1. The van der Waals surface area contributed by atoms with Crippen molar-refractivity contribution in [1.82, 2.24) is 0 Å². The van der Waals surface area contributed by atoms with Gasteiger partial charge in [-0.05, 0) is 55.0 Å². The van der Waals surface area contributed by atoms with Crippen LogP contribution >= 0.6 is 11.3 Å². The van der Waals surface area contributed by atoms with Crippen LogP contribution in [0.15, 0.2) is 41.8 Å². The molecular formula is C18H22N2O2S. The van der Waals surface area contributed by atoms with Gasteiger partial charge in [0.05, 0.1) is 13.7 Å². The standard InChI is InChI=1S/C18H22N2O2S/c1-22-15-7-5-14(6-8-15)20(13-16-4-2-11-23-16)17(21)12-18(19)9-3-10-18/h2,4-8,11H,3,9-10,12-13,19H2,1H3. The van der Waals surface area contributed by atoms with Gasteiger partial charge in [-0.25, -0.2) is 0 Å². The first-order chi connectivity index (χ1) is 11.1. The predicted octanol–water partition coefficient (Wildman–Crippen LogP) is 3.56. The van der Waals surface area contributed by atoms with E-state index in [9.17, 15) is 4.79 Å². The average Bonchev–Trinajstić information content (AvgIpc) is 3.04. The van der Waals surface area contributed by atoms with Crippen molar-refractivity contribution in [3.05, 3.63) is 46.7 Å². The molecule has 1 aliphatic carbocycles. The molecule has 1 fully saturated rings. The van der Waals surface area contributed by atoms with Crippen LogP contribution in [0.2, 0.25) is 0 Å². The number of carbonyl (C=O) groups excluding carboxylic acids is 1. The van der Waals surface area contributed by atoms with E-state index in [0.29, 0.717) is 13.0 Å². The van der Waals surface area contributed by atoms with Crippen LogP contribution in [-0.4, -0.2) is 18.6 Å². The lowest BCUT2D eigenvalue weighted by molar-refractivity contribution is -0.120. The van der Waals surface area contributed by atoms with Crippen molar-refractivity contribution in [2.75, 3.05) is 12.0 Å². The molecule has 1 heterocycles. The molecule has 0 atom stereocenters. The normalized spacial score (nSPS) is 15.7. The van der Waals surface area contributed by atoms with Gasteiger partial charge in [-0.1, -0.05) is 6.07 Å². The molecule has 5 heteroatoms. The fraction of sp³-hybridized carbons (Fsp3) is 0.389. The molecule has 0 spiro atoms. The summed E-state index contributed by atoms with van der Waals surface area (Å²) >= 11 is 1.66. The molecule has 4 nitrogen and oxygen atoms in total. The third-order valence-corrected chi connectivity index (χ3v) is 5.29. The monoisotopic (exact) mass is 330 g/mol. The number of benzene rings is 1. The summed E-state index contributed by atoms with van der Waals surface area (Å²) < 4.78 is 5.20. The summed E-state index contributed by atoms with van der Waals surface area (Å²) in [7, 11) is 1.64. The van der Waals surface area contributed by atoms with Crippen LogP contribution in [0.3, 0.4) is 0 Å². The molecule has 1 aromatic heterocycles. The number of hydrogen-bond acceptors (Lipinski definition) is 4. The topological polar surface area (TPSA) is 55.6 Å². The van der Waals surface area contributed by atoms with E-state index in [1.807, 2.05) is 40.6 Å². The molecule has 0 unspecified atom stereocenters. The van der Waals surface area contributed by atoms with Gasteiger partial charge in [0.2, 0.25) is 5.91 Å². The molecule has 1 saturated carbocycles. The molecule has 1 aliphatic rings. The third-order valence-electron chi connectivity index (χ3n) is 4.43. The first-order valence-electron chi connectivity index (χ1n) is 7.85. The minimum absolute atomic E-state index is 0.0887. The first kappa shape index (κ1) is 16.0. The smallest absolute Gasteiger partial charge is 0.229 e. The van der Waals surface area contributed by atoms with Crippen LogP contribution in [0.25, 0.3) is 0 Å². The SMILES string of the molecule is COc1ccc(N(Cc2cccs2)C(=O)CC2(N)CCC2)cc1. The highest BCUT2D eigenvalue weighted by molar-refractivity contribution is 7.09. The summed E-state index contributed by atoms with van der Waals surface area (Å²) in [5, 5.41) is 2.03. The summed E-state index contributed by atoms with van der Waals surface area (Å²) in [5.74, 6) is 0.873. The molecule has 1 amide bonds. The zero-order valence-corrected chi connectivity index (χ0v) is 14.1. The number of carbonyl (C=O) groups is 1. The molecule has 0 radical (unpaired) electrons. The van der Waals surface area contributed by atoms with E-state index in [1.54, 1.807) is 18.4 Å². The molecule has 3 rings (SSSR count). The molecule has 23 heavy (non-hydrogen) atoms. The number of rotatable bonds is 6. The number of anilines is 1. The van der Waals surface area contributed by atoms with Gasteiger partial charge in [-0.3, -0.25) is 4.79 Å². The van der Waals surface area contributed by atoms with E-state index in [0.717, 1.165) is 35.6 Å². The summed E-state index contributed by atoms with van der Waals surface area (Å²) in [5.41, 5.74) is 6.85. The molecular weight excluding hydrogens is 308 g/mol. The fourth-order valence-corrected chi connectivity index (χ4v) is 3.54. The Hall–Kier alpha value is -1.85. The van der Waals surface area contributed by atoms with Crippen molar-refractivity contribution in [2.24, 2.45) is 5.73 Å². The summed E-state index contributed by atoms with van der Waals surface area (Å²) in [6.07, 6.45) is 3.41. The average molecular weight is 330 g/mol. The maximum Gasteiger partial charge on any atom is 0.229 e. The van der Waals surface area contributed by atoms with Crippen LogP contribution < -0.4 is 15.4 Å². The molecule has 2 aromatic rings. The summed E-state index contributed by atoms with van der Waals surface area (Å²) in [6.45, 7) is 0.582. The van der Waals surface area contributed by atoms with Crippen LogP contribution in [0.4, 0.5) is 5.69 Å². The Bertz CT molecular complexity index is 648. The second-order valence-electron chi connectivity index (χ2n) is 6.15. The first-order valence-corrected chi connectivity index (χ1v) is 8.73. The van der Waals surface area contributed by atoms with Gasteiger partial charge in [-0.2, -0.15) is 0 Å². The van der Waals surface area contributed by atoms with E-state index in [1.165, 1.54) is 0 Å². The van der Waals surface area contributed by atoms with Gasteiger partial charge in [-0.15, -0.1) is 11.3 Å². The molecule has 122 valence electrons. The number of methoxy groups -OCH3 is 1. The van der Waals surface area contributed by atoms with Crippen molar-refractivity contribution in [3.8, 4) is 5.75 Å². The molecule has 2 N–H and O–H groups in total. The van der Waals surface area contributed by atoms with E-state index >= 15 is 0 Å². The predicted molar refractivity (Wildman–Crippen MR) is 93.9 cm³/mol. The van der Waals surface area contributed by atoms with Gasteiger partial charge in [0, 0.05) is 22.5 Å². The van der Waals surface area contributed by atoms with Gasteiger partial charge in [0.25, 0.3) is 0 Å². The molecule has 0 aliphatic heterocycles. The highest BCUT2D eigenvalue weighted by Crippen LogP contribution is 2.34. The Morgan fingerprint density at radius 3 is 2.57 bits per heavy atom. The Morgan fingerprint density at radius 1 is 1.30 bits per heavy atom. The van der Waals surface area contributed by atoms with Crippen molar-refractivity contribution < 1.29 is 9.53 Å². The zero-order chi connectivity index (χ0) is 16.3. The lowest BCUT2D eigenvalue weighted by atomic mass is 9.75. The zero-order valence-electron chi connectivity index (χ0n) is 13.3. The van der Waals surface area contributed by atoms with Crippen molar-refractivity contribution >= 4 is 22.9 Å². The lowest BCUT2D eigenvalue weighted by Gasteiger charge is -2.39. The largest absolute Gasteiger partial charge is 0.497 e. The van der Waals surface area contributed by atoms with Crippen LogP contribution in [0.1, 0.15) is 30.6 Å². The minimum atomic E-state index is -0.308. The van der Waals surface area contributed by atoms with Gasteiger partial charge < -0.3 is 15.4 Å². The lowest BCUT2D eigenvalue weighted by Crippen LogP contribution is -2.50. The quantitative estimate of drug-likeness (QED) is 0.881. The second-order valence-corrected chi connectivity index (χ2v) is 7.18. The molecule has 0 saturated heterocycles. The fourth-order valence-electron chi connectivity index (χ4n) is 2.85. The van der Waals surface area contributed by atoms with E-state index < -0.39 is 0 Å². The highest BCUT2D eigenvalue weighted by atomic mass is 32.1. The van der Waals surface area contributed by atoms with Crippen LogP contribution in [-0.2, 0) is 11.3 Å². The van der Waals surface area contributed by atoms with Crippen LogP contribution in [0, 0.1) is 0 Å². The minimum Gasteiger partial charge on any atom is -0.497 e. The Kier molecular flexibility index (Phi) is 4.68. The van der Waals surface area contributed by atoms with E-state index in [-0.39, 0.29) is 11.4 Å². The Balaban J connectivity index is 1.81. The van der Waals surface area contributed by atoms with Crippen molar-refractivity contribution in [2.45, 2.75) is 37.8 Å². The Morgan fingerprint density at radius 2 is 2.04 bits per heavy atom. The molecule has 1 aromatic carbocycles. The van der Waals surface area contributed by atoms with E-state index in [2.05, 4.69) is 6.07 Å². The highest BCUT2D eigenvalue weighted by Gasteiger charge is 2.36. The van der Waals surface area contributed by atoms with Crippen molar-refractivity contribution in [1.29, 1.82) is 0 Å². The van der Waals surface area contributed by atoms with E-state index in [4.69, 9.17) is 10.5 Å².